The minimum Gasteiger partial charge on any atom is -0.376 e. The maximum Gasteiger partial charge on any atom is 0.243 e. The second-order valence-electron chi connectivity index (χ2n) is 7.94. The predicted molar refractivity (Wildman–Crippen MR) is 107 cm³/mol. The highest BCUT2D eigenvalue weighted by Gasteiger charge is 2.45. The molecule has 0 amide bonds. The second-order valence-corrected chi connectivity index (χ2v) is 9.88. The van der Waals surface area contributed by atoms with Gasteiger partial charge in [0.25, 0.3) is 0 Å². The van der Waals surface area contributed by atoms with Gasteiger partial charge in [-0.1, -0.05) is 18.2 Å². The van der Waals surface area contributed by atoms with Crippen molar-refractivity contribution < 1.29 is 13.2 Å². The molecule has 3 aliphatic rings. The van der Waals surface area contributed by atoms with Crippen molar-refractivity contribution in [3.8, 4) is 6.07 Å². The Morgan fingerprint density at radius 3 is 2.52 bits per heavy atom. The Labute approximate surface area is 170 Å². The Morgan fingerprint density at radius 1 is 1.10 bits per heavy atom. The number of hydrogen-bond donors (Lipinski definition) is 0. The SMILES string of the molecule is N#Cc1cc2c(nc1N1CC3CN(S(=O)(=O)c4ccccc4)CC3C1)CCOC2. The van der Waals surface area contributed by atoms with E-state index in [4.69, 9.17) is 9.72 Å². The molecule has 0 radical (unpaired) electrons. The molecule has 2 saturated heterocycles. The van der Waals surface area contributed by atoms with Gasteiger partial charge >= 0.3 is 0 Å². The van der Waals surface area contributed by atoms with Crippen LogP contribution in [0.25, 0.3) is 0 Å². The third-order valence-corrected chi connectivity index (χ3v) is 8.01. The van der Waals surface area contributed by atoms with Crippen molar-refractivity contribution in [1.82, 2.24) is 9.29 Å². The van der Waals surface area contributed by atoms with Gasteiger partial charge in [-0.05, 0) is 30.0 Å². The zero-order chi connectivity index (χ0) is 20.0. The maximum atomic E-state index is 12.9. The van der Waals surface area contributed by atoms with Gasteiger partial charge in [-0.25, -0.2) is 13.4 Å². The molecule has 0 bridgehead atoms. The van der Waals surface area contributed by atoms with E-state index in [2.05, 4.69) is 11.0 Å². The average Bonchev–Trinajstić information content (AvgIpc) is 3.33. The molecule has 2 fully saturated rings. The van der Waals surface area contributed by atoms with Crippen molar-refractivity contribution in [2.45, 2.75) is 17.9 Å². The van der Waals surface area contributed by atoms with Gasteiger partial charge in [0.05, 0.1) is 29.4 Å². The number of benzene rings is 1. The lowest BCUT2D eigenvalue weighted by molar-refractivity contribution is 0.109. The van der Waals surface area contributed by atoms with E-state index in [1.54, 1.807) is 28.6 Å². The number of fused-ring (bicyclic) bond motifs is 2. The average molecular weight is 410 g/mol. The molecule has 29 heavy (non-hydrogen) atoms. The normalized spacial score (nSPS) is 24.2. The van der Waals surface area contributed by atoms with E-state index in [0.29, 0.717) is 36.8 Å². The highest BCUT2D eigenvalue weighted by molar-refractivity contribution is 7.89. The summed E-state index contributed by atoms with van der Waals surface area (Å²) >= 11 is 0. The molecule has 0 N–H and O–H groups in total. The van der Waals surface area contributed by atoms with E-state index >= 15 is 0 Å². The molecule has 1 aromatic carbocycles. The smallest absolute Gasteiger partial charge is 0.243 e. The molecular weight excluding hydrogens is 388 g/mol. The molecule has 5 rings (SSSR count). The summed E-state index contributed by atoms with van der Waals surface area (Å²) in [5.74, 6) is 1.24. The molecule has 2 unspecified atom stereocenters. The summed E-state index contributed by atoms with van der Waals surface area (Å²) in [4.78, 5) is 7.31. The van der Waals surface area contributed by atoms with Crippen LogP contribution in [0.15, 0.2) is 41.3 Å². The zero-order valence-corrected chi connectivity index (χ0v) is 16.8. The van der Waals surface area contributed by atoms with E-state index in [9.17, 15) is 13.7 Å². The number of pyridine rings is 1. The third-order valence-electron chi connectivity index (χ3n) is 6.17. The summed E-state index contributed by atoms with van der Waals surface area (Å²) in [5.41, 5.74) is 2.58. The molecule has 3 aliphatic heterocycles. The number of anilines is 1. The standard InChI is InChI=1S/C21H22N4O3S/c22-9-15-8-16-14-28-7-6-20(16)23-21(15)24-10-17-12-25(13-18(17)11-24)29(26,27)19-4-2-1-3-5-19/h1-5,8,17-18H,6-7,10-14H2. The molecule has 0 spiro atoms. The zero-order valence-electron chi connectivity index (χ0n) is 16.0. The Hall–Kier alpha value is -2.47. The van der Waals surface area contributed by atoms with Crippen LogP contribution in [0.4, 0.5) is 5.82 Å². The molecule has 8 heteroatoms. The highest BCUT2D eigenvalue weighted by atomic mass is 32.2. The monoisotopic (exact) mass is 410 g/mol. The van der Waals surface area contributed by atoms with Crippen molar-refractivity contribution in [1.29, 1.82) is 5.26 Å². The summed E-state index contributed by atoms with van der Waals surface area (Å²) < 4.78 is 32.9. The fourth-order valence-corrected chi connectivity index (χ4v) is 6.23. The Kier molecular flexibility index (Phi) is 4.54. The van der Waals surface area contributed by atoms with Crippen LogP contribution in [-0.4, -0.2) is 50.5 Å². The Bertz CT molecular complexity index is 1070. The van der Waals surface area contributed by atoms with E-state index in [-0.39, 0.29) is 11.8 Å². The van der Waals surface area contributed by atoms with Crippen LogP contribution in [-0.2, 0) is 27.8 Å². The molecule has 2 atom stereocenters. The Balaban J connectivity index is 1.35. The number of nitrogens with zero attached hydrogens (tertiary/aromatic N) is 4. The van der Waals surface area contributed by atoms with Crippen LogP contribution >= 0.6 is 0 Å². The highest BCUT2D eigenvalue weighted by Crippen LogP contribution is 2.37. The lowest BCUT2D eigenvalue weighted by atomic mass is 10.0. The minimum atomic E-state index is -3.45. The summed E-state index contributed by atoms with van der Waals surface area (Å²) in [6, 6.07) is 12.8. The number of sulfonamides is 1. The third kappa shape index (κ3) is 3.19. The van der Waals surface area contributed by atoms with Crippen LogP contribution in [0, 0.1) is 23.2 Å². The van der Waals surface area contributed by atoms with E-state index in [0.717, 1.165) is 36.6 Å². The molecule has 1 aromatic heterocycles. The van der Waals surface area contributed by atoms with Crippen LogP contribution in [0.3, 0.4) is 0 Å². The van der Waals surface area contributed by atoms with Gasteiger partial charge in [-0.15, -0.1) is 0 Å². The number of rotatable bonds is 3. The summed E-state index contributed by atoms with van der Waals surface area (Å²) in [7, 11) is -3.45. The number of ether oxygens (including phenoxy) is 1. The van der Waals surface area contributed by atoms with Gasteiger partial charge in [0.15, 0.2) is 0 Å². The number of aromatic nitrogens is 1. The van der Waals surface area contributed by atoms with Gasteiger partial charge in [-0.3, -0.25) is 0 Å². The summed E-state index contributed by atoms with van der Waals surface area (Å²) in [6.07, 6.45) is 0.762. The van der Waals surface area contributed by atoms with Crippen molar-refractivity contribution in [2.75, 3.05) is 37.7 Å². The van der Waals surface area contributed by atoms with Crippen molar-refractivity contribution in [3.05, 3.63) is 53.2 Å². The molecule has 2 aromatic rings. The van der Waals surface area contributed by atoms with Gasteiger partial charge < -0.3 is 9.64 Å². The van der Waals surface area contributed by atoms with E-state index in [1.165, 1.54) is 0 Å². The molecule has 0 saturated carbocycles. The number of hydrogen-bond acceptors (Lipinski definition) is 6. The summed E-state index contributed by atoms with van der Waals surface area (Å²) in [5, 5.41) is 9.61. The van der Waals surface area contributed by atoms with Crippen LogP contribution in [0.2, 0.25) is 0 Å². The maximum absolute atomic E-state index is 12.9. The van der Waals surface area contributed by atoms with Crippen LogP contribution in [0.1, 0.15) is 16.8 Å². The predicted octanol–water partition coefficient (Wildman–Crippen LogP) is 1.78. The van der Waals surface area contributed by atoms with Crippen LogP contribution < -0.4 is 4.90 Å². The first-order chi connectivity index (χ1) is 14.1. The first kappa shape index (κ1) is 18.6. The van der Waals surface area contributed by atoms with Crippen molar-refractivity contribution >= 4 is 15.8 Å². The molecule has 0 aliphatic carbocycles. The molecule has 150 valence electrons. The lowest BCUT2D eigenvalue weighted by Crippen LogP contribution is -2.34. The first-order valence-electron chi connectivity index (χ1n) is 9.87. The van der Waals surface area contributed by atoms with E-state index < -0.39 is 10.0 Å². The first-order valence-corrected chi connectivity index (χ1v) is 11.3. The molecular formula is C21H22N4O3S. The van der Waals surface area contributed by atoms with Crippen molar-refractivity contribution in [2.24, 2.45) is 11.8 Å². The fraction of sp³-hybridized carbons (Fsp3) is 0.429. The largest absolute Gasteiger partial charge is 0.376 e. The van der Waals surface area contributed by atoms with Crippen LogP contribution in [0.5, 0.6) is 0 Å². The quantitative estimate of drug-likeness (QED) is 0.767. The lowest BCUT2D eigenvalue weighted by Gasteiger charge is -2.25. The van der Waals surface area contributed by atoms with Crippen molar-refractivity contribution in [3.63, 3.8) is 0 Å². The Morgan fingerprint density at radius 2 is 1.83 bits per heavy atom. The minimum absolute atomic E-state index is 0.251. The topological polar surface area (TPSA) is 86.5 Å². The van der Waals surface area contributed by atoms with Gasteiger partial charge in [0.2, 0.25) is 10.0 Å². The summed E-state index contributed by atoms with van der Waals surface area (Å²) in [6.45, 7) is 3.64. The fourth-order valence-electron chi connectivity index (χ4n) is 4.66. The molecule has 7 nitrogen and oxygen atoms in total. The molecule has 4 heterocycles. The number of nitriles is 1. The second kappa shape index (κ2) is 7.10. The van der Waals surface area contributed by atoms with Gasteiger partial charge in [0.1, 0.15) is 11.9 Å². The van der Waals surface area contributed by atoms with Gasteiger partial charge in [0, 0.05) is 38.2 Å². The van der Waals surface area contributed by atoms with E-state index in [1.807, 2.05) is 12.1 Å². The van der Waals surface area contributed by atoms with Gasteiger partial charge in [-0.2, -0.15) is 9.57 Å².